The van der Waals surface area contributed by atoms with E-state index < -0.39 is 59.7 Å². The molecule has 0 fully saturated rings. The summed E-state index contributed by atoms with van der Waals surface area (Å²) in [6.07, 6.45) is -8.68. The molecular formula is C14H11F6N3O3S2. The SMILES string of the molecule is CCS(=O)(=O)c1cc(C(F)(F)F)cnc1C(=O)/N=c1\sc(C(F)(F)F)cn1C. The van der Waals surface area contributed by atoms with E-state index in [1.165, 1.54) is 7.05 Å². The molecule has 154 valence electrons. The van der Waals surface area contributed by atoms with Crippen LogP contribution >= 0.6 is 11.3 Å². The Hall–Kier alpha value is -2.22. The van der Waals surface area contributed by atoms with E-state index in [9.17, 15) is 39.6 Å². The standard InChI is InChI=1S/C14H11F6N3O3S2/c1-3-28(25,26)8-4-7(13(15,16)17)5-21-10(8)11(24)22-12-23(2)6-9(27-12)14(18,19)20/h4-6H,3H2,1-2H3/b22-12-. The number of carbonyl (C=O) groups excluding carboxylic acids is 1. The molecule has 0 radical (unpaired) electrons. The quantitative estimate of drug-likeness (QED) is 0.678. The maximum atomic E-state index is 12.9. The molecule has 0 N–H and O–H groups in total. The summed E-state index contributed by atoms with van der Waals surface area (Å²) in [7, 11) is -3.14. The van der Waals surface area contributed by atoms with Crippen LogP contribution in [0.4, 0.5) is 26.3 Å². The van der Waals surface area contributed by atoms with Crippen molar-refractivity contribution in [1.29, 1.82) is 0 Å². The maximum Gasteiger partial charge on any atom is 0.427 e. The van der Waals surface area contributed by atoms with Crippen LogP contribution in [0.15, 0.2) is 28.3 Å². The van der Waals surface area contributed by atoms with Crippen molar-refractivity contribution in [2.24, 2.45) is 12.0 Å². The van der Waals surface area contributed by atoms with Crippen LogP contribution in [0.2, 0.25) is 0 Å². The lowest BCUT2D eigenvalue weighted by Gasteiger charge is -2.10. The van der Waals surface area contributed by atoms with Crippen LogP contribution in [0, 0.1) is 0 Å². The molecule has 2 aromatic heterocycles. The number of alkyl halides is 6. The lowest BCUT2D eigenvalue weighted by atomic mass is 10.2. The third kappa shape index (κ3) is 4.60. The van der Waals surface area contributed by atoms with Gasteiger partial charge in [0, 0.05) is 19.4 Å². The van der Waals surface area contributed by atoms with Gasteiger partial charge in [0.2, 0.25) is 0 Å². The molecule has 0 aliphatic heterocycles. The van der Waals surface area contributed by atoms with E-state index in [1.807, 2.05) is 0 Å². The first kappa shape index (κ1) is 22.1. The zero-order valence-corrected chi connectivity index (χ0v) is 15.7. The predicted molar refractivity (Wildman–Crippen MR) is 85.2 cm³/mol. The Morgan fingerprint density at radius 3 is 2.29 bits per heavy atom. The van der Waals surface area contributed by atoms with Crippen LogP contribution in [0.1, 0.15) is 27.9 Å². The number of sulfone groups is 1. The molecule has 0 unspecified atom stereocenters. The second-order valence-corrected chi connectivity index (χ2v) is 8.63. The number of amides is 1. The normalized spacial score (nSPS) is 13.8. The van der Waals surface area contributed by atoms with E-state index in [2.05, 4.69) is 9.98 Å². The molecule has 2 heterocycles. The number of hydrogen-bond acceptors (Lipinski definition) is 5. The Balaban J connectivity index is 2.65. The molecule has 0 saturated heterocycles. The average molecular weight is 447 g/mol. The lowest BCUT2D eigenvalue weighted by molar-refractivity contribution is -0.138. The van der Waals surface area contributed by atoms with Gasteiger partial charge in [-0.05, 0) is 6.07 Å². The van der Waals surface area contributed by atoms with Crippen LogP contribution in [0.5, 0.6) is 0 Å². The van der Waals surface area contributed by atoms with Crippen molar-refractivity contribution in [3.8, 4) is 0 Å². The molecule has 0 aliphatic carbocycles. The third-order valence-corrected chi connectivity index (χ3v) is 6.25. The van der Waals surface area contributed by atoms with E-state index in [0.717, 1.165) is 11.5 Å². The van der Waals surface area contributed by atoms with Gasteiger partial charge in [-0.1, -0.05) is 18.3 Å². The molecule has 1 amide bonds. The number of pyridine rings is 1. The number of halogens is 6. The Labute approximate surface area is 158 Å². The van der Waals surface area contributed by atoms with Crippen molar-refractivity contribution >= 4 is 27.1 Å². The highest BCUT2D eigenvalue weighted by Gasteiger charge is 2.35. The molecule has 0 bridgehead atoms. The van der Waals surface area contributed by atoms with Crippen LogP contribution < -0.4 is 4.80 Å². The highest BCUT2D eigenvalue weighted by molar-refractivity contribution is 7.91. The Morgan fingerprint density at radius 2 is 1.82 bits per heavy atom. The summed E-state index contributed by atoms with van der Waals surface area (Å²) in [5, 5.41) is 0. The molecule has 28 heavy (non-hydrogen) atoms. The monoisotopic (exact) mass is 447 g/mol. The van der Waals surface area contributed by atoms with Crippen molar-refractivity contribution in [1.82, 2.24) is 9.55 Å². The van der Waals surface area contributed by atoms with Gasteiger partial charge in [-0.3, -0.25) is 4.79 Å². The molecule has 0 spiro atoms. The minimum absolute atomic E-state index is 0.109. The number of thiazole rings is 1. The topological polar surface area (TPSA) is 81.4 Å². The van der Waals surface area contributed by atoms with E-state index >= 15 is 0 Å². The molecule has 0 atom stereocenters. The highest BCUT2D eigenvalue weighted by atomic mass is 32.2. The summed E-state index contributed by atoms with van der Waals surface area (Å²) in [4.78, 5) is 16.5. The fourth-order valence-corrected chi connectivity index (χ4v) is 3.85. The van der Waals surface area contributed by atoms with Gasteiger partial charge in [0.15, 0.2) is 14.6 Å². The molecule has 14 heteroatoms. The van der Waals surface area contributed by atoms with E-state index in [-0.39, 0.29) is 23.6 Å². The van der Waals surface area contributed by atoms with Crippen molar-refractivity contribution in [2.75, 3.05) is 5.75 Å². The van der Waals surface area contributed by atoms with Gasteiger partial charge in [0.05, 0.1) is 16.2 Å². The number of aromatic nitrogens is 2. The fourth-order valence-electron chi connectivity index (χ4n) is 1.95. The van der Waals surface area contributed by atoms with Crippen LogP contribution in [0.25, 0.3) is 0 Å². The van der Waals surface area contributed by atoms with Gasteiger partial charge in [0.1, 0.15) is 10.6 Å². The summed E-state index contributed by atoms with van der Waals surface area (Å²) in [5.74, 6) is -2.01. The molecule has 0 aromatic carbocycles. The number of rotatable bonds is 3. The van der Waals surface area contributed by atoms with Gasteiger partial charge >= 0.3 is 12.4 Å². The predicted octanol–water partition coefficient (Wildman–Crippen LogP) is 3.05. The van der Waals surface area contributed by atoms with Gasteiger partial charge in [-0.15, -0.1) is 0 Å². The van der Waals surface area contributed by atoms with E-state index in [4.69, 9.17) is 0 Å². The molecule has 0 aliphatic rings. The van der Waals surface area contributed by atoms with Crippen LogP contribution in [-0.4, -0.2) is 29.6 Å². The van der Waals surface area contributed by atoms with Gasteiger partial charge in [-0.25, -0.2) is 13.4 Å². The third-order valence-electron chi connectivity index (χ3n) is 3.39. The van der Waals surface area contributed by atoms with Crippen molar-refractivity contribution < 1.29 is 39.6 Å². The minimum Gasteiger partial charge on any atom is -0.326 e. The smallest absolute Gasteiger partial charge is 0.326 e. The van der Waals surface area contributed by atoms with Crippen molar-refractivity contribution in [2.45, 2.75) is 24.2 Å². The first-order chi connectivity index (χ1) is 12.7. The largest absolute Gasteiger partial charge is 0.427 e. The molecule has 2 rings (SSSR count). The first-order valence-electron chi connectivity index (χ1n) is 7.29. The second-order valence-electron chi connectivity index (χ2n) is 5.38. The van der Waals surface area contributed by atoms with Gasteiger partial charge in [-0.2, -0.15) is 31.3 Å². The molecule has 2 aromatic rings. The minimum atomic E-state index is -4.91. The molecule has 0 saturated carbocycles. The zero-order chi connectivity index (χ0) is 21.5. The van der Waals surface area contributed by atoms with E-state index in [0.29, 0.717) is 6.20 Å². The summed E-state index contributed by atoms with van der Waals surface area (Å²) >= 11 is 0.109. The number of nitrogens with zero attached hydrogens (tertiary/aromatic N) is 3. The summed E-state index contributed by atoms with van der Waals surface area (Å²) in [5.41, 5.74) is -2.30. The summed E-state index contributed by atoms with van der Waals surface area (Å²) in [6.45, 7) is 1.15. The Bertz CT molecular complexity index is 1080. The lowest BCUT2D eigenvalue weighted by Crippen LogP contribution is -2.18. The summed E-state index contributed by atoms with van der Waals surface area (Å²) < 4.78 is 102. The Kier molecular flexibility index (Phi) is 5.76. The van der Waals surface area contributed by atoms with Crippen molar-refractivity contribution in [3.63, 3.8) is 0 Å². The maximum absolute atomic E-state index is 12.9. The molecule has 6 nitrogen and oxygen atoms in total. The first-order valence-corrected chi connectivity index (χ1v) is 9.76. The van der Waals surface area contributed by atoms with Crippen LogP contribution in [0.3, 0.4) is 0 Å². The van der Waals surface area contributed by atoms with Gasteiger partial charge < -0.3 is 4.57 Å². The van der Waals surface area contributed by atoms with E-state index in [1.54, 1.807) is 0 Å². The number of aryl methyl sites for hydroxylation is 1. The second kappa shape index (κ2) is 7.31. The fraction of sp³-hybridized carbons (Fsp3) is 0.357. The highest BCUT2D eigenvalue weighted by Crippen LogP contribution is 2.32. The Morgan fingerprint density at radius 1 is 1.21 bits per heavy atom. The van der Waals surface area contributed by atoms with Crippen LogP contribution in [-0.2, 0) is 29.2 Å². The number of hydrogen-bond donors (Lipinski definition) is 0. The zero-order valence-electron chi connectivity index (χ0n) is 14.1. The van der Waals surface area contributed by atoms with Gasteiger partial charge in [0.25, 0.3) is 5.91 Å². The summed E-state index contributed by atoms with van der Waals surface area (Å²) in [6, 6.07) is 0.254. The number of carbonyl (C=O) groups is 1. The average Bonchev–Trinajstić information content (AvgIpc) is 2.94. The molecular weight excluding hydrogens is 436 g/mol. The van der Waals surface area contributed by atoms with Crippen molar-refractivity contribution in [3.05, 3.63) is 39.4 Å².